The Bertz CT molecular complexity index is 1470. The zero-order chi connectivity index (χ0) is 29.3. The lowest BCUT2D eigenvalue weighted by Crippen LogP contribution is -2.49. The van der Waals surface area contributed by atoms with E-state index in [4.69, 9.17) is 5.11 Å². The highest BCUT2D eigenvalue weighted by atomic mass is 32.2. The lowest BCUT2D eigenvalue weighted by atomic mass is 9.94. The first-order chi connectivity index (χ1) is 18.7. The number of nitrogens with zero attached hydrogens (tertiary/aromatic N) is 2. The number of benzene rings is 2. The highest BCUT2D eigenvalue weighted by molar-refractivity contribution is 7.91. The maximum Gasteiger partial charge on any atom is 0.417 e. The van der Waals surface area contributed by atoms with Crippen LogP contribution in [0.5, 0.6) is 0 Å². The number of rotatable bonds is 6. The molecule has 2 aliphatic rings. The second-order valence-corrected chi connectivity index (χ2v) is 13.4. The molecule has 15 heteroatoms. The van der Waals surface area contributed by atoms with Gasteiger partial charge in [0.2, 0.25) is 25.8 Å². The van der Waals surface area contributed by atoms with Gasteiger partial charge in [-0.1, -0.05) is 18.2 Å². The van der Waals surface area contributed by atoms with Gasteiger partial charge in [-0.25, -0.2) is 26.4 Å². The van der Waals surface area contributed by atoms with E-state index in [-0.39, 0.29) is 55.7 Å². The molecular formula is C25H28F3N3O7S2. The average molecular weight is 604 g/mol. The molecule has 0 unspecified atom stereocenters. The molecule has 0 spiro atoms. The van der Waals surface area contributed by atoms with Gasteiger partial charge in [-0.15, -0.1) is 0 Å². The fourth-order valence-electron chi connectivity index (χ4n) is 4.94. The number of carboxylic acid groups (broad SMARTS) is 1. The smallest absolute Gasteiger partial charge is 0.417 e. The molecule has 2 heterocycles. The fourth-order valence-corrected chi connectivity index (χ4v) is 7.88. The fraction of sp³-hybridized carbons (Fsp3) is 0.440. The predicted octanol–water partition coefficient (Wildman–Crippen LogP) is 3.20. The topological polar surface area (TPSA) is 141 Å². The number of nitrogens with one attached hydrogen (secondary N) is 1. The Kier molecular flexibility index (Phi) is 8.47. The molecule has 0 radical (unpaired) electrons. The van der Waals surface area contributed by atoms with Crippen LogP contribution in [-0.2, 0) is 30.8 Å². The molecule has 40 heavy (non-hydrogen) atoms. The van der Waals surface area contributed by atoms with Gasteiger partial charge in [0.05, 0.1) is 20.2 Å². The maximum atomic E-state index is 13.8. The van der Waals surface area contributed by atoms with Crippen molar-refractivity contribution in [2.24, 2.45) is 5.92 Å². The number of halogens is 3. The van der Waals surface area contributed by atoms with Crippen LogP contribution in [0, 0.1) is 5.92 Å². The van der Waals surface area contributed by atoms with E-state index in [0.717, 1.165) is 6.07 Å². The SMILES string of the molecule is O=C(O)N1CCC(C(=O)N2CCC(NS(=O)(=O)c3cc(S(=O)(=O)c4ccccc4)ccc3C(F)(F)F)CC2)CC1. The molecular weight excluding hydrogens is 575 g/mol. The number of sulfone groups is 1. The van der Waals surface area contributed by atoms with E-state index < -0.39 is 53.5 Å². The number of amides is 2. The van der Waals surface area contributed by atoms with E-state index in [2.05, 4.69) is 4.72 Å². The maximum absolute atomic E-state index is 13.8. The normalized spacial score (nSPS) is 18.1. The Morgan fingerprint density at radius 1 is 0.825 bits per heavy atom. The summed E-state index contributed by atoms with van der Waals surface area (Å²) < 4.78 is 95.9. The van der Waals surface area contributed by atoms with E-state index in [0.29, 0.717) is 25.0 Å². The van der Waals surface area contributed by atoms with Gasteiger partial charge in [0.1, 0.15) is 0 Å². The van der Waals surface area contributed by atoms with Crippen LogP contribution in [0.4, 0.5) is 18.0 Å². The number of hydrogen-bond acceptors (Lipinski definition) is 6. The highest BCUT2D eigenvalue weighted by Gasteiger charge is 2.39. The molecule has 2 saturated heterocycles. The molecule has 0 bridgehead atoms. The lowest BCUT2D eigenvalue weighted by Gasteiger charge is -2.36. The predicted molar refractivity (Wildman–Crippen MR) is 136 cm³/mol. The molecule has 0 saturated carbocycles. The molecule has 2 aliphatic heterocycles. The van der Waals surface area contributed by atoms with Crippen molar-refractivity contribution < 1.29 is 44.7 Å². The van der Waals surface area contributed by atoms with Gasteiger partial charge in [-0.05, 0) is 56.0 Å². The summed E-state index contributed by atoms with van der Waals surface area (Å²) in [5, 5.41) is 9.07. The second kappa shape index (κ2) is 11.4. The Morgan fingerprint density at radius 2 is 1.40 bits per heavy atom. The molecule has 2 aromatic carbocycles. The summed E-state index contributed by atoms with van der Waals surface area (Å²) in [4.78, 5) is 24.8. The van der Waals surface area contributed by atoms with Crippen molar-refractivity contribution >= 4 is 31.9 Å². The van der Waals surface area contributed by atoms with E-state index in [1.54, 1.807) is 11.0 Å². The van der Waals surface area contributed by atoms with E-state index in [1.807, 2.05) is 0 Å². The van der Waals surface area contributed by atoms with E-state index >= 15 is 0 Å². The Balaban J connectivity index is 1.49. The van der Waals surface area contributed by atoms with Gasteiger partial charge in [0, 0.05) is 38.1 Å². The van der Waals surface area contributed by atoms with Crippen LogP contribution in [0.15, 0.2) is 63.2 Å². The number of sulfonamides is 1. The molecule has 10 nitrogen and oxygen atoms in total. The minimum Gasteiger partial charge on any atom is -0.465 e. The van der Waals surface area contributed by atoms with Crippen molar-refractivity contribution in [3.63, 3.8) is 0 Å². The summed E-state index contributed by atoms with van der Waals surface area (Å²) >= 11 is 0. The molecule has 2 N–H and O–H groups in total. The van der Waals surface area contributed by atoms with Crippen LogP contribution in [0.2, 0.25) is 0 Å². The minimum atomic E-state index is -5.06. The third-order valence-corrected chi connectivity index (χ3v) is 10.5. The summed E-state index contributed by atoms with van der Waals surface area (Å²) in [6, 6.07) is 7.86. The lowest BCUT2D eigenvalue weighted by molar-refractivity contribution is -0.140. The Labute approximate surface area is 229 Å². The highest BCUT2D eigenvalue weighted by Crippen LogP contribution is 2.36. The third kappa shape index (κ3) is 6.41. The molecule has 2 aromatic rings. The van der Waals surface area contributed by atoms with E-state index in [1.165, 1.54) is 29.2 Å². The Hall–Kier alpha value is -3.17. The number of piperidine rings is 2. The number of alkyl halides is 3. The van der Waals surface area contributed by atoms with Crippen LogP contribution in [0.3, 0.4) is 0 Å². The van der Waals surface area contributed by atoms with Crippen molar-refractivity contribution in [1.82, 2.24) is 14.5 Å². The molecule has 0 aliphatic carbocycles. The first-order valence-corrected chi connectivity index (χ1v) is 15.5. The van der Waals surface area contributed by atoms with Crippen molar-refractivity contribution in [1.29, 1.82) is 0 Å². The number of carbonyl (C=O) groups excluding carboxylic acids is 1. The van der Waals surface area contributed by atoms with Crippen LogP contribution >= 0.6 is 0 Å². The molecule has 0 atom stereocenters. The summed E-state index contributed by atoms with van der Waals surface area (Å²) in [6.07, 6.45) is -5.08. The number of likely N-dealkylation sites (tertiary alicyclic amines) is 2. The largest absolute Gasteiger partial charge is 0.465 e. The van der Waals surface area contributed by atoms with Crippen molar-refractivity contribution in [3.8, 4) is 0 Å². The standard InChI is InChI=1S/C25H28F3N3O7S2/c26-25(27,28)21-7-6-20(39(35,36)19-4-2-1-3-5-19)16-22(21)40(37,38)29-18-10-14-30(15-11-18)23(32)17-8-12-31(13-9-17)24(33)34/h1-7,16-18,29H,8-15H2,(H,33,34). The van der Waals surface area contributed by atoms with Gasteiger partial charge in [0.25, 0.3) is 0 Å². The third-order valence-electron chi connectivity index (χ3n) is 7.15. The molecule has 4 rings (SSSR count). The van der Waals surface area contributed by atoms with Gasteiger partial charge >= 0.3 is 12.3 Å². The summed E-state index contributed by atoms with van der Waals surface area (Å²) in [6.45, 7) is 0.810. The second-order valence-electron chi connectivity index (χ2n) is 9.74. The van der Waals surface area contributed by atoms with Crippen molar-refractivity contribution in [3.05, 3.63) is 54.1 Å². The Morgan fingerprint density at radius 3 is 1.95 bits per heavy atom. The van der Waals surface area contributed by atoms with Crippen LogP contribution in [0.1, 0.15) is 31.2 Å². The van der Waals surface area contributed by atoms with Gasteiger partial charge < -0.3 is 14.9 Å². The first kappa shape index (κ1) is 29.8. The van der Waals surface area contributed by atoms with Gasteiger partial charge in [-0.2, -0.15) is 13.2 Å². The van der Waals surface area contributed by atoms with Crippen LogP contribution in [-0.4, -0.2) is 76.0 Å². The molecule has 218 valence electrons. The first-order valence-electron chi connectivity index (χ1n) is 12.5. The zero-order valence-corrected chi connectivity index (χ0v) is 22.8. The summed E-state index contributed by atoms with van der Waals surface area (Å²) in [5.41, 5.74) is -1.49. The summed E-state index contributed by atoms with van der Waals surface area (Å²) in [5.74, 6) is -0.517. The molecule has 0 aromatic heterocycles. The average Bonchev–Trinajstić information content (AvgIpc) is 2.92. The zero-order valence-electron chi connectivity index (χ0n) is 21.2. The minimum absolute atomic E-state index is 0.141. The van der Waals surface area contributed by atoms with Crippen LogP contribution < -0.4 is 4.72 Å². The van der Waals surface area contributed by atoms with Crippen molar-refractivity contribution in [2.45, 2.75) is 52.6 Å². The van der Waals surface area contributed by atoms with Crippen molar-refractivity contribution in [2.75, 3.05) is 26.2 Å². The van der Waals surface area contributed by atoms with Gasteiger partial charge in [-0.3, -0.25) is 4.79 Å². The monoisotopic (exact) mass is 603 g/mol. The number of carbonyl (C=O) groups is 2. The van der Waals surface area contributed by atoms with Gasteiger partial charge in [0.15, 0.2) is 0 Å². The quantitative estimate of drug-likeness (QED) is 0.517. The molecule has 2 fully saturated rings. The van der Waals surface area contributed by atoms with Crippen LogP contribution in [0.25, 0.3) is 0 Å². The number of hydrogen-bond donors (Lipinski definition) is 2. The molecule has 2 amide bonds. The van der Waals surface area contributed by atoms with E-state index in [9.17, 15) is 39.6 Å². The summed E-state index contributed by atoms with van der Waals surface area (Å²) in [7, 11) is -9.10.